The lowest BCUT2D eigenvalue weighted by Gasteiger charge is -2.19. The van der Waals surface area contributed by atoms with Crippen LogP contribution in [0.3, 0.4) is 0 Å². The Hall–Kier alpha value is -3.36. The monoisotopic (exact) mass is 409 g/mol. The van der Waals surface area contributed by atoms with Crippen LogP contribution in [0.5, 0.6) is 0 Å². The van der Waals surface area contributed by atoms with Gasteiger partial charge in [0.05, 0.1) is 29.8 Å². The summed E-state index contributed by atoms with van der Waals surface area (Å²) in [5, 5.41) is 18.8. The van der Waals surface area contributed by atoms with E-state index in [0.29, 0.717) is 17.0 Å². The Bertz CT molecular complexity index is 1150. The van der Waals surface area contributed by atoms with Crippen LogP contribution in [0, 0.1) is 5.41 Å². The maximum Gasteiger partial charge on any atom is 0.240 e. The van der Waals surface area contributed by atoms with Gasteiger partial charge in [0.2, 0.25) is 10.0 Å². The number of anilines is 1. The van der Waals surface area contributed by atoms with E-state index in [-0.39, 0.29) is 29.6 Å². The van der Waals surface area contributed by atoms with Crippen LogP contribution in [0.1, 0.15) is 11.3 Å². The second kappa shape index (κ2) is 7.57. The highest BCUT2D eigenvalue weighted by atomic mass is 32.2. The van der Waals surface area contributed by atoms with E-state index in [1.165, 1.54) is 18.4 Å². The zero-order valence-electron chi connectivity index (χ0n) is 15.4. The predicted octanol–water partition coefficient (Wildman–Crippen LogP) is 3.52. The molecule has 0 bridgehead atoms. The number of benzene rings is 2. The fraction of sp³-hybridized carbons (Fsp3) is 0.0952. The Balaban J connectivity index is 1.51. The zero-order chi connectivity index (χ0) is 20.4. The third-order valence-electron chi connectivity index (χ3n) is 4.64. The molecule has 8 heteroatoms. The van der Waals surface area contributed by atoms with Crippen molar-refractivity contribution in [3.63, 3.8) is 0 Å². The van der Waals surface area contributed by atoms with Crippen molar-refractivity contribution < 1.29 is 17.9 Å². The largest absolute Gasteiger partial charge is 0.510 e. The Kier molecular flexibility index (Phi) is 4.96. The molecule has 7 nitrogen and oxygen atoms in total. The molecule has 2 aromatic carbocycles. The van der Waals surface area contributed by atoms with Gasteiger partial charge in [-0.1, -0.05) is 30.3 Å². The van der Waals surface area contributed by atoms with Crippen LogP contribution in [-0.4, -0.2) is 25.9 Å². The van der Waals surface area contributed by atoms with Crippen molar-refractivity contribution >= 4 is 27.1 Å². The molecule has 0 spiro atoms. The summed E-state index contributed by atoms with van der Waals surface area (Å²) in [6, 6.07) is 18.8. The number of hydrogen-bond donors (Lipinski definition) is 3. The first-order valence-corrected chi connectivity index (χ1v) is 10.4. The molecular weight excluding hydrogens is 390 g/mol. The van der Waals surface area contributed by atoms with Crippen molar-refractivity contribution in [2.24, 2.45) is 0 Å². The highest BCUT2D eigenvalue weighted by molar-refractivity contribution is 7.89. The van der Waals surface area contributed by atoms with Crippen LogP contribution < -0.4 is 9.62 Å². The fourth-order valence-corrected chi connectivity index (χ4v) is 4.17. The molecule has 0 amide bonds. The molecule has 0 aliphatic carbocycles. The quantitative estimate of drug-likeness (QED) is 0.577. The minimum absolute atomic E-state index is 0.0616. The molecule has 0 unspecified atom stereocenters. The van der Waals surface area contributed by atoms with Gasteiger partial charge in [0.1, 0.15) is 17.4 Å². The Morgan fingerprint density at radius 2 is 1.76 bits per heavy atom. The fourth-order valence-electron chi connectivity index (χ4n) is 3.18. The summed E-state index contributed by atoms with van der Waals surface area (Å²) in [4.78, 5) is 1.74. The van der Waals surface area contributed by atoms with E-state index in [9.17, 15) is 13.5 Å². The van der Waals surface area contributed by atoms with Crippen molar-refractivity contribution in [1.29, 1.82) is 5.41 Å². The number of rotatable bonds is 6. The molecule has 0 radical (unpaired) electrons. The molecule has 1 aromatic heterocycles. The summed E-state index contributed by atoms with van der Waals surface area (Å²) in [7, 11) is -3.70. The Morgan fingerprint density at radius 1 is 1.03 bits per heavy atom. The molecule has 148 valence electrons. The van der Waals surface area contributed by atoms with E-state index in [1.807, 2.05) is 30.3 Å². The molecule has 4 rings (SSSR count). The minimum Gasteiger partial charge on any atom is -0.510 e. The maximum absolute atomic E-state index is 12.5. The number of amidine groups is 1. The lowest BCUT2D eigenvalue weighted by Crippen LogP contribution is -2.26. The molecule has 0 fully saturated rings. The van der Waals surface area contributed by atoms with Crippen molar-refractivity contribution in [3.8, 4) is 0 Å². The highest BCUT2D eigenvalue weighted by Crippen LogP contribution is 2.31. The maximum atomic E-state index is 12.5. The van der Waals surface area contributed by atoms with Crippen LogP contribution in [-0.2, 0) is 16.6 Å². The lowest BCUT2D eigenvalue weighted by atomic mass is 10.1. The van der Waals surface area contributed by atoms with Crippen molar-refractivity contribution in [2.45, 2.75) is 11.4 Å². The summed E-state index contributed by atoms with van der Waals surface area (Å²) >= 11 is 0. The molecule has 0 atom stereocenters. The first-order valence-electron chi connectivity index (χ1n) is 8.92. The lowest BCUT2D eigenvalue weighted by molar-refractivity contribution is 0.411. The number of aliphatic hydroxyl groups excluding tert-OH is 1. The standard InChI is InChI=1S/C21H19N3O4S/c22-21-20(15-5-2-1-3-6-15)19(25)14-24(21)16-8-10-18(11-9-16)29(26,27)23-13-17-7-4-12-28-17/h1-12,22-23,25H,13-14H2. The highest BCUT2D eigenvalue weighted by Gasteiger charge is 2.29. The predicted molar refractivity (Wildman–Crippen MR) is 110 cm³/mol. The number of sulfonamides is 1. The number of nitrogens with zero attached hydrogens (tertiary/aromatic N) is 1. The third-order valence-corrected chi connectivity index (χ3v) is 6.06. The molecule has 3 aromatic rings. The van der Waals surface area contributed by atoms with Crippen molar-refractivity contribution in [3.05, 3.63) is 90.1 Å². The van der Waals surface area contributed by atoms with Gasteiger partial charge < -0.3 is 14.4 Å². The first kappa shape index (κ1) is 19.0. The number of aliphatic hydroxyl groups is 1. The van der Waals surface area contributed by atoms with Crippen molar-refractivity contribution in [1.82, 2.24) is 4.72 Å². The summed E-state index contributed by atoms with van der Waals surface area (Å²) in [6.45, 7) is 0.220. The van der Waals surface area contributed by atoms with Crippen LogP contribution in [0.15, 0.2) is 88.1 Å². The van der Waals surface area contributed by atoms with Gasteiger partial charge in [-0.25, -0.2) is 13.1 Å². The van der Waals surface area contributed by atoms with E-state index in [0.717, 1.165) is 5.56 Å². The van der Waals surface area contributed by atoms with Gasteiger partial charge in [-0.3, -0.25) is 5.41 Å². The molecule has 0 saturated carbocycles. The number of hydrogen-bond acceptors (Lipinski definition) is 5. The Labute approximate surface area is 168 Å². The first-order chi connectivity index (χ1) is 14.0. The smallest absolute Gasteiger partial charge is 0.240 e. The summed E-state index contributed by atoms with van der Waals surface area (Å²) < 4.78 is 32.5. The van der Waals surface area contributed by atoms with Crippen LogP contribution in [0.2, 0.25) is 0 Å². The normalized spacial score (nSPS) is 14.6. The van der Waals surface area contributed by atoms with Gasteiger partial charge in [0, 0.05) is 5.69 Å². The molecule has 0 saturated heterocycles. The molecule has 2 heterocycles. The summed E-state index contributed by atoms with van der Waals surface area (Å²) in [6.07, 6.45) is 1.48. The van der Waals surface area contributed by atoms with Gasteiger partial charge >= 0.3 is 0 Å². The van der Waals surface area contributed by atoms with E-state index in [2.05, 4.69) is 4.72 Å². The molecule has 1 aliphatic heterocycles. The summed E-state index contributed by atoms with van der Waals surface area (Å²) in [5.41, 5.74) is 1.86. The van der Waals surface area contributed by atoms with Crippen LogP contribution >= 0.6 is 0 Å². The van der Waals surface area contributed by atoms with Gasteiger partial charge in [-0.05, 0) is 42.0 Å². The van der Waals surface area contributed by atoms with Gasteiger partial charge in [0.25, 0.3) is 0 Å². The zero-order valence-corrected chi connectivity index (χ0v) is 16.2. The van der Waals surface area contributed by atoms with Crippen LogP contribution in [0.25, 0.3) is 5.57 Å². The average molecular weight is 409 g/mol. The van der Waals surface area contributed by atoms with E-state index >= 15 is 0 Å². The SMILES string of the molecule is N=C1C(c2ccccc2)=C(O)CN1c1ccc(S(=O)(=O)NCc2ccco2)cc1. The third kappa shape index (κ3) is 3.80. The Morgan fingerprint density at radius 3 is 2.41 bits per heavy atom. The van der Waals surface area contributed by atoms with Gasteiger partial charge in [0.15, 0.2) is 0 Å². The molecule has 3 N–H and O–H groups in total. The van der Waals surface area contributed by atoms with E-state index in [4.69, 9.17) is 9.83 Å². The summed E-state index contributed by atoms with van der Waals surface area (Å²) in [5.74, 6) is 0.795. The molecular formula is C21H19N3O4S. The minimum atomic E-state index is -3.70. The molecule has 1 aliphatic rings. The van der Waals surface area contributed by atoms with Crippen molar-refractivity contribution in [2.75, 3.05) is 11.4 Å². The topological polar surface area (TPSA) is 107 Å². The van der Waals surface area contributed by atoms with E-state index in [1.54, 1.807) is 29.2 Å². The van der Waals surface area contributed by atoms with Crippen LogP contribution in [0.4, 0.5) is 5.69 Å². The van der Waals surface area contributed by atoms with E-state index < -0.39 is 10.0 Å². The van der Waals surface area contributed by atoms with Gasteiger partial charge in [-0.15, -0.1) is 0 Å². The second-order valence-electron chi connectivity index (χ2n) is 6.52. The average Bonchev–Trinajstić information content (AvgIpc) is 3.35. The number of nitrogens with one attached hydrogen (secondary N) is 2. The van der Waals surface area contributed by atoms with Gasteiger partial charge in [-0.2, -0.15) is 0 Å². The molecule has 29 heavy (non-hydrogen) atoms. The number of furan rings is 1. The second-order valence-corrected chi connectivity index (χ2v) is 8.29.